The van der Waals surface area contributed by atoms with Crippen LogP contribution in [0.5, 0.6) is 11.5 Å². The van der Waals surface area contributed by atoms with E-state index in [0.717, 1.165) is 0 Å². The van der Waals surface area contributed by atoms with Crippen LogP contribution in [0, 0.1) is 6.92 Å². The zero-order valence-electron chi connectivity index (χ0n) is 17.3. The number of hydrogen-bond donors (Lipinski definition) is 0. The lowest BCUT2D eigenvalue weighted by Crippen LogP contribution is -2.30. The molecule has 0 radical (unpaired) electrons. The highest BCUT2D eigenvalue weighted by atomic mass is 35.5. The molecule has 162 valence electrons. The van der Waals surface area contributed by atoms with E-state index in [-0.39, 0.29) is 33.5 Å². The first kappa shape index (κ1) is 20.1. The Morgan fingerprint density at radius 1 is 1.09 bits per heavy atom. The molecule has 1 aliphatic rings. The minimum Gasteiger partial charge on any atom is -0.493 e. The van der Waals surface area contributed by atoms with Gasteiger partial charge >= 0.3 is 0 Å². The van der Waals surface area contributed by atoms with Gasteiger partial charge in [0.25, 0.3) is 5.91 Å². The summed E-state index contributed by atoms with van der Waals surface area (Å²) >= 11 is 6.12. The summed E-state index contributed by atoms with van der Waals surface area (Å²) in [5.74, 6) is 1.01. The zero-order valence-corrected chi connectivity index (χ0v) is 18.1. The highest BCUT2D eigenvalue weighted by Crippen LogP contribution is 2.46. The largest absolute Gasteiger partial charge is 0.493 e. The molecule has 0 aliphatic carbocycles. The quantitative estimate of drug-likeness (QED) is 0.449. The van der Waals surface area contributed by atoms with Crippen molar-refractivity contribution in [3.63, 3.8) is 0 Å². The van der Waals surface area contributed by atoms with Crippen molar-refractivity contribution in [2.45, 2.75) is 13.0 Å². The van der Waals surface area contributed by atoms with Crippen molar-refractivity contribution in [2.24, 2.45) is 0 Å². The Morgan fingerprint density at radius 3 is 2.59 bits per heavy atom. The number of aromatic nitrogens is 1. The monoisotopic (exact) mass is 452 g/mol. The molecule has 1 atom stereocenters. The van der Waals surface area contributed by atoms with Gasteiger partial charge < -0.3 is 18.4 Å². The second-order valence-corrected chi connectivity index (χ2v) is 7.71. The zero-order chi connectivity index (χ0) is 22.6. The van der Waals surface area contributed by atoms with E-state index in [9.17, 15) is 9.59 Å². The first-order chi connectivity index (χ1) is 15.4. The third-order valence-corrected chi connectivity index (χ3v) is 5.66. The van der Waals surface area contributed by atoms with Gasteiger partial charge in [0.05, 0.1) is 25.2 Å². The number of para-hydroxylation sites is 1. The summed E-state index contributed by atoms with van der Waals surface area (Å²) in [7, 11) is 3.00. The van der Waals surface area contributed by atoms with Crippen LogP contribution in [0.15, 0.2) is 56.2 Å². The molecule has 9 heteroatoms. The van der Waals surface area contributed by atoms with Gasteiger partial charge in [0.1, 0.15) is 17.4 Å². The molecule has 1 amide bonds. The van der Waals surface area contributed by atoms with Crippen molar-refractivity contribution in [2.75, 3.05) is 19.1 Å². The van der Waals surface area contributed by atoms with Crippen molar-refractivity contribution in [3.05, 3.63) is 80.4 Å². The van der Waals surface area contributed by atoms with Gasteiger partial charge in [-0.25, -0.2) is 0 Å². The molecule has 0 bridgehead atoms. The Hall–Kier alpha value is -3.78. The second-order valence-electron chi connectivity index (χ2n) is 7.27. The number of fused-ring (bicyclic) bond motifs is 2. The SMILES string of the molecule is COc1cccc([C@@H]2c3c(oc4ccc(Cl)cc4c3=O)C(=O)N2c2cc(C)on2)c1OC. The number of benzene rings is 2. The van der Waals surface area contributed by atoms with Gasteiger partial charge in [-0.3, -0.25) is 14.5 Å². The molecule has 3 heterocycles. The lowest BCUT2D eigenvalue weighted by atomic mass is 9.97. The van der Waals surface area contributed by atoms with Crippen molar-refractivity contribution >= 4 is 34.3 Å². The number of anilines is 1. The Morgan fingerprint density at radius 2 is 1.91 bits per heavy atom. The van der Waals surface area contributed by atoms with Gasteiger partial charge in [0.15, 0.2) is 22.7 Å². The summed E-state index contributed by atoms with van der Waals surface area (Å²) in [4.78, 5) is 28.5. The Kier molecular flexibility index (Phi) is 4.67. The average molecular weight is 453 g/mol. The maximum atomic E-state index is 13.6. The molecule has 1 aliphatic heterocycles. The van der Waals surface area contributed by atoms with Crippen molar-refractivity contribution in [1.82, 2.24) is 5.16 Å². The van der Waals surface area contributed by atoms with Crippen molar-refractivity contribution in [1.29, 1.82) is 0 Å². The maximum Gasteiger partial charge on any atom is 0.296 e. The van der Waals surface area contributed by atoms with Gasteiger partial charge in [-0.2, -0.15) is 0 Å². The van der Waals surface area contributed by atoms with Gasteiger partial charge in [-0.1, -0.05) is 28.9 Å². The molecule has 2 aromatic carbocycles. The predicted molar refractivity (Wildman–Crippen MR) is 117 cm³/mol. The molecular weight excluding hydrogens is 436 g/mol. The number of amides is 1. The van der Waals surface area contributed by atoms with Crippen LogP contribution in [-0.4, -0.2) is 25.3 Å². The third-order valence-electron chi connectivity index (χ3n) is 5.42. The van der Waals surface area contributed by atoms with Gasteiger partial charge in [0.2, 0.25) is 5.76 Å². The normalized spacial score (nSPS) is 15.3. The molecular formula is C23H17ClN2O6. The lowest BCUT2D eigenvalue weighted by Gasteiger charge is -2.24. The number of carbonyl (C=O) groups excluding carboxylic acids is 1. The fourth-order valence-corrected chi connectivity index (χ4v) is 4.24. The first-order valence-electron chi connectivity index (χ1n) is 9.68. The highest BCUT2D eigenvalue weighted by molar-refractivity contribution is 6.31. The molecule has 0 saturated heterocycles. The maximum absolute atomic E-state index is 13.6. The topological polar surface area (TPSA) is 95.0 Å². The summed E-state index contributed by atoms with van der Waals surface area (Å²) in [6, 6.07) is 10.7. The average Bonchev–Trinajstić information content (AvgIpc) is 3.34. The van der Waals surface area contributed by atoms with Crippen LogP contribution in [0.1, 0.15) is 33.5 Å². The first-order valence-corrected chi connectivity index (χ1v) is 10.1. The molecule has 0 N–H and O–H groups in total. The molecule has 0 spiro atoms. The summed E-state index contributed by atoms with van der Waals surface area (Å²) in [6.07, 6.45) is 0. The number of aryl methyl sites for hydroxylation is 1. The van der Waals surface area contributed by atoms with E-state index >= 15 is 0 Å². The molecule has 4 aromatic rings. The molecule has 5 rings (SSSR count). The fraction of sp³-hybridized carbons (Fsp3) is 0.174. The van der Waals surface area contributed by atoms with Crippen LogP contribution in [0.4, 0.5) is 5.82 Å². The molecule has 2 aromatic heterocycles. The summed E-state index contributed by atoms with van der Waals surface area (Å²) in [6.45, 7) is 1.71. The number of hydrogen-bond acceptors (Lipinski definition) is 7. The lowest BCUT2D eigenvalue weighted by molar-refractivity contribution is 0.0969. The number of ether oxygens (including phenoxy) is 2. The number of carbonyl (C=O) groups is 1. The number of rotatable bonds is 4. The van der Waals surface area contributed by atoms with E-state index in [0.29, 0.717) is 27.8 Å². The van der Waals surface area contributed by atoms with Crippen molar-refractivity contribution in [3.8, 4) is 11.5 Å². The molecule has 0 saturated carbocycles. The summed E-state index contributed by atoms with van der Waals surface area (Å²) < 4.78 is 22.2. The van der Waals surface area contributed by atoms with E-state index in [1.165, 1.54) is 25.2 Å². The van der Waals surface area contributed by atoms with E-state index in [2.05, 4.69) is 5.16 Å². The van der Waals surface area contributed by atoms with Crippen molar-refractivity contribution < 1.29 is 23.2 Å². The van der Waals surface area contributed by atoms with E-state index in [4.69, 9.17) is 30.0 Å². The van der Waals surface area contributed by atoms with Crippen LogP contribution in [0.3, 0.4) is 0 Å². The van der Waals surface area contributed by atoms with Crippen LogP contribution >= 0.6 is 11.6 Å². The molecule has 8 nitrogen and oxygen atoms in total. The number of methoxy groups -OCH3 is 2. The summed E-state index contributed by atoms with van der Waals surface area (Å²) in [5, 5.41) is 4.67. The summed E-state index contributed by atoms with van der Waals surface area (Å²) in [5.41, 5.74) is 0.598. The molecule has 0 unspecified atom stereocenters. The van der Waals surface area contributed by atoms with Crippen LogP contribution in [-0.2, 0) is 0 Å². The Balaban J connectivity index is 1.86. The molecule has 32 heavy (non-hydrogen) atoms. The second kappa shape index (κ2) is 7.42. The smallest absolute Gasteiger partial charge is 0.296 e. The fourth-order valence-electron chi connectivity index (χ4n) is 4.07. The number of halogens is 1. The number of nitrogens with zero attached hydrogens (tertiary/aromatic N) is 2. The van der Waals surface area contributed by atoms with E-state index in [1.807, 2.05) is 0 Å². The standard InChI is InChI=1S/C23H17ClN2O6/c1-11-9-17(25-32-11)26-19(13-5-4-6-16(29-2)21(13)30-3)18-20(27)14-10-12(24)7-8-15(14)31-22(18)23(26)28/h4-10,19H,1-3H3/t19-/m1/s1. The Bertz CT molecular complexity index is 1440. The predicted octanol–water partition coefficient (Wildman–Crippen LogP) is 4.51. The van der Waals surface area contributed by atoms with Gasteiger partial charge in [0, 0.05) is 16.7 Å². The van der Waals surface area contributed by atoms with Gasteiger partial charge in [-0.05, 0) is 31.2 Å². The van der Waals surface area contributed by atoms with Crippen LogP contribution < -0.4 is 19.8 Å². The van der Waals surface area contributed by atoms with Crippen LogP contribution in [0.2, 0.25) is 5.02 Å². The minimum absolute atomic E-state index is 0.0691. The van der Waals surface area contributed by atoms with Crippen LogP contribution in [0.25, 0.3) is 11.0 Å². The third kappa shape index (κ3) is 2.87. The van der Waals surface area contributed by atoms with Gasteiger partial charge in [-0.15, -0.1) is 0 Å². The molecule has 0 fully saturated rings. The van der Waals surface area contributed by atoms with E-state index < -0.39 is 11.9 Å². The highest BCUT2D eigenvalue weighted by Gasteiger charge is 2.46. The van der Waals surface area contributed by atoms with E-state index in [1.54, 1.807) is 43.3 Å². The Labute approximate surface area is 186 Å². The minimum atomic E-state index is -0.883.